The van der Waals surface area contributed by atoms with Gasteiger partial charge in [0.25, 0.3) is 0 Å². The molecule has 1 aliphatic rings. The zero-order chi connectivity index (χ0) is 10.8. The Labute approximate surface area is 85.9 Å². The van der Waals surface area contributed by atoms with Gasteiger partial charge in [0.05, 0.1) is 11.3 Å². The van der Waals surface area contributed by atoms with Crippen LogP contribution in [-0.2, 0) is 9.63 Å². The van der Waals surface area contributed by atoms with Crippen LogP contribution in [0.4, 0.5) is 4.39 Å². The molecule has 2 rings (SSSR count). The minimum Gasteiger partial charge on any atom is -0.312 e. The van der Waals surface area contributed by atoms with Crippen LogP contribution in [0.1, 0.15) is 12.5 Å². The van der Waals surface area contributed by atoms with Crippen molar-refractivity contribution in [2.24, 2.45) is 5.16 Å². The summed E-state index contributed by atoms with van der Waals surface area (Å²) in [6.45, 7) is 1.68. The number of hydrogen-bond acceptors (Lipinski definition) is 3. The zero-order valence-corrected chi connectivity index (χ0v) is 8.03. The van der Waals surface area contributed by atoms with E-state index < -0.39 is 5.97 Å². The van der Waals surface area contributed by atoms with Gasteiger partial charge in [-0.3, -0.25) is 0 Å². The summed E-state index contributed by atoms with van der Waals surface area (Å²) in [6, 6.07) is 5.83. The van der Waals surface area contributed by atoms with Gasteiger partial charge in [0.1, 0.15) is 5.82 Å². The highest BCUT2D eigenvalue weighted by Gasteiger charge is 2.21. The molecular weight excluding hydrogens is 197 g/mol. The minimum atomic E-state index is -0.475. The van der Waals surface area contributed by atoms with Crippen LogP contribution in [-0.4, -0.2) is 11.7 Å². The molecule has 15 heavy (non-hydrogen) atoms. The van der Waals surface area contributed by atoms with Gasteiger partial charge in [-0.15, -0.1) is 0 Å². The van der Waals surface area contributed by atoms with Gasteiger partial charge in [-0.2, -0.15) is 0 Å². The molecule has 1 heterocycles. The number of oxime groups is 1. The van der Waals surface area contributed by atoms with Gasteiger partial charge in [0.2, 0.25) is 0 Å². The maximum absolute atomic E-state index is 12.6. The topological polar surface area (TPSA) is 38.7 Å². The van der Waals surface area contributed by atoms with Gasteiger partial charge in [0.15, 0.2) is 0 Å². The molecular formula is C11H8FNO2. The molecule has 0 saturated heterocycles. The van der Waals surface area contributed by atoms with E-state index >= 15 is 0 Å². The van der Waals surface area contributed by atoms with Gasteiger partial charge in [0, 0.05) is 0 Å². The predicted molar refractivity (Wildman–Crippen MR) is 53.6 cm³/mol. The van der Waals surface area contributed by atoms with E-state index in [0.29, 0.717) is 11.3 Å². The van der Waals surface area contributed by atoms with Crippen LogP contribution < -0.4 is 0 Å². The molecule has 0 N–H and O–H groups in total. The van der Waals surface area contributed by atoms with E-state index in [1.807, 2.05) is 0 Å². The van der Waals surface area contributed by atoms with Gasteiger partial charge in [-0.1, -0.05) is 17.3 Å². The molecule has 3 nitrogen and oxygen atoms in total. The Bertz CT molecular complexity index is 460. The molecule has 0 aromatic heterocycles. The molecule has 0 atom stereocenters. The standard InChI is InChI=1S/C11H8FNO2/c1-7-10(11(14)15-13-7)6-8-2-4-9(12)5-3-8/h2-6H,1H3. The summed E-state index contributed by atoms with van der Waals surface area (Å²) in [5.41, 5.74) is 1.67. The second kappa shape index (κ2) is 3.65. The molecule has 0 unspecified atom stereocenters. The van der Waals surface area contributed by atoms with Crippen LogP contribution in [0.15, 0.2) is 35.0 Å². The molecule has 0 spiro atoms. The summed E-state index contributed by atoms with van der Waals surface area (Å²) in [5, 5.41) is 3.54. The molecule has 0 bridgehead atoms. The smallest absolute Gasteiger partial charge is 0.312 e. The summed E-state index contributed by atoms with van der Waals surface area (Å²) in [6.07, 6.45) is 1.62. The molecule has 0 amide bonds. The van der Waals surface area contributed by atoms with E-state index in [1.165, 1.54) is 12.1 Å². The SMILES string of the molecule is CC1=NOC(=O)C1=Cc1ccc(F)cc1. The number of nitrogens with zero attached hydrogens (tertiary/aromatic N) is 1. The van der Waals surface area contributed by atoms with Crippen LogP contribution in [0.2, 0.25) is 0 Å². The van der Waals surface area contributed by atoms with Gasteiger partial charge >= 0.3 is 5.97 Å². The third-order valence-electron chi connectivity index (χ3n) is 2.06. The maximum atomic E-state index is 12.6. The first-order valence-electron chi connectivity index (χ1n) is 4.40. The second-order valence-electron chi connectivity index (χ2n) is 3.17. The van der Waals surface area contributed by atoms with E-state index in [4.69, 9.17) is 0 Å². The highest BCUT2D eigenvalue weighted by Crippen LogP contribution is 2.15. The molecule has 0 fully saturated rings. The number of hydrogen-bond donors (Lipinski definition) is 0. The van der Waals surface area contributed by atoms with E-state index in [9.17, 15) is 9.18 Å². The van der Waals surface area contributed by atoms with Crippen molar-refractivity contribution in [3.05, 3.63) is 41.2 Å². The molecule has 0 aliphatic carbocycles. The Kier molecular flexibility index (Phi) is 2.33. The fourth-order valence-corrected chi connectivity index (χ4v) is 1.25. The van der Waals surface area contributed by atoms with Crippen molar-refractivity contribution < 1.29 is 14.0 Å². The first kappa shape index (κ1) is 9.58. The van der Waals surface area contributed by atoms with Crippen LogP contribution in [0.3, 0.4) is 0 Å². The Balaban J connectivity index is 2.34. The normalized spacial score (nSPS) is 17.9. The maximum Gasteiger partial charge on any atom is 0.367 e. The first-order chi connectivity index (χ1) is 7.16. The number of rotatable bonds is 1. The fraction of sp³-hybridized carbons (Fsp3) is 0.0909. The quantitative estimate of drug-likeness (QED) is 0.520. The van der Waals surface area contributed by atoms with Gasteiger partial charge in [-0.05, 0) is 30.7 Å². The lowest BCUT2D eigenvalue weighted by Gasteiger charge is -1.95. The molecule has 76 valence electrons. The summed E-state index contributed by atoms with van der Waals surface area (Å²) in [4.78, 5) is 15.7. The number of benzene rings is 1. The molecule has 1 aromatic rings. The lowest BCUT2D eigenvalue weighted by molar-refractivity contribution is -0.136. The van der Waals surface area contributed by atoms with Crippen LogP contribution in [0.5, 0.6) is 0 Å². The van der Waals surface area contributed by atoms with Crippen LogP contribution in [0, 0.1) is 5.82 Å². The Morgan fingerprint density at radius 3 is 2.53 bits per heavy atom. The average Bonchev–Trinajstić information content (AvgIpc) is 2.53. The minimum absolute atomic E-state index is 0.309. The Hall–Kier alpha value is -1.97. The average molecular weight is 205 g/mol. The number of carbonyl (C=O) groups is 1. The van der Waals surface area contributed by atoms with Crippen molar-refractivity contribution in [3.8, 4) is 0 Å². The van der Waals surface area contributed by atoms with Crippen molar-refractivity contribution in [2.45, 2.75) is 6.92 Å². The fourth-order valence-electron chi connectivity index (χ4n) is 1.25. The third kappa shape index (κ3) is 1.93. The van der Waals surface area contributed by atoms with E-state index in [-0.39, 0.29) is 5.82 Å². The summed E-state index contributed by atoms with van der Waals surface area (Å²) in [7, 11) is 0. The van der Waals surface area contributed by atoms with Gasteiger partial charge in [-0.25, -0.2) is 9.18 Å². The van der Waals surface area contributed by atoms with Crippen molar-refractivity contribution in [1.82, 2.24) is 0 Å². The van der Waals surface area contributed by atoms with Crippen molar-refractivity contribution in [1.29, 1.82) is 0 Å². The molecule has 1 aliphatic heterocycles. The summed E-state index contributed by atoms with van der Waals surface area (Å²) >= 11 is 0. The highest BCUT2D eigenvalue weighted by molar-refractivity contribution is 6.24. The van der Waals surface area contributed by atoms with E-state index in [2.05, 4.69) is 9.99 Å². The molecule has 4 heteroatoms. The lowest BCUT2D eigenvalue weighted by Crippen LogP contribution is -2.01. The van der Waals surface area contributed by atoms with Crippen molar-refractivity contribution in [2.75, 3.05) is 0 Å². The lowest BCUT2D eigenvalue weighted by atomic mass is 10.1. The molecule has 0 saturated carbocycles. The van der Waals surface area contributed by atoms with E-state index in [0.717, 1.165) is 5.56 Å². The highest BCUT2D eigenvalue weighted by atomic mass is 19.1. The van der Waals surface area contributed by atoms with E-state index in [1.54, 1.807) is 25.1 Å². The third-order valence-corrected chi connectivity index (χ3v) is 2.06. The zero-order valence-electron chi connectivity index (χ0n) is 8.03. The molecule has 1 aromatic carbocycles. The van der Waals surface area contributed by atoms with Gasteiger partial charge < -0.3 is 4.84 Å². The van der Waals surface area contributed by atoms with Crippen LogP contribution >= 0.6 is 0 Å². The van der Waals surface area contributed by atoms with Crippen molar-refractivity contribution in [3.63, 3.8) is 0 Å². The number of carbonyl (C=O) groups excluding carboxylic acids is 1. The first-order valence-corrected chi connectivity index (χ1v) is 4.40. The monoisotopic (exact) mass is 205 g/mol. The Morgan fingerprint density at radius 2 is 2.00 bits per heavy atom. The van der Waals surface area contributed by atoms with Crippen molar-refractivity contribution >= 4 is 17.8 Å². The number of halogens is 1. The molecule has 0 radical (unpaired) electrons. The van der Waals surface area contributed by atoms with Crippen LogP contribution in [0.25, 0.3) is 6.08 Å². The largest absolute Gasteiger partial charge is 0.367 e. The summed E-state index contributed by atoms with van der Waals surface area (Å²) < 4.78 is 12.6. The summed E-state index contributed by atoms with van der Waals surface area (Å²) in [5.74, 6) is -0.784. The predicted octanol–water partition coefficient (Wildman–Crippen LogP) is 2.14. The second-order valence-corrected chi connectivity index (χ2v) is 3.17. The Morgan fingerprint density at radius 1 is 1.33 bits per heavy atom.